The number of carboxylic acids is 1. The number of aliphatic carboxylic acids is 1. The summed E-state index contributed by atoms with van der Waals surface area (Å²) in [6, 6.07) is 1.52. The molecule has 6 nitrogen and oxygen atoms in total. The molecule has 1 aromatic rings. The number of thiophene rings is 1. The lowest BCUT2D eigenvalue weighted by molar-refractivity contribution is -0.380. The van der Waals surface area contributed by atoms with Gasteiger partial charge in [-0.1, -0.05) is 11.3 Å². The van der Waals surface area contributed by atoms with E-state index >= 15 is 0 Å². The molecule has 16 heavy (non-hydrogen) atoms. The van der Waals surface area contributed by atoms with Crippen molar-refractivity contribution in [2.24, 2.45) is 0 Å². The van der Waals surface area contributed by atoms with Gasteiger partial charge in [0.2, 0.25) is 0 Å². The van der Waals surface area contributed by atoms with Crippen molar-refractivity contribution in [2.75, 3.05) is 13.6 Å². The first-order valence-electron chi connectivity index (χ1n) is 4.61. The number of rotatable bonds is 6. The summed E-state index contributed by atoms with van der Waals surface area (Å²) in [6.07, 6.45) is 0.0722. The Morgan fingerprint density at radius 1 is 1.69 bits per heavy atom. The van der Waals surface area contributed by atoms with Gasteiger partial charge in [-0.2, -0.15) is 0 Å². The second-order valence-corrected chi connectivity index (χ2v) is 4.32. The van der Waals surface area contributed by atoms with Gasteiger partial charge in [0.05, 0.1) is 11.3 Å². The number of hydrogen-bond donors (Lipinski definition) is 1. The molecule has 0 amide bonds. The fraction of sp³-hybridized carbons (Fsp3) is 0.444. The predicted molar refractivity (Wildman–Crippen MR) is 59.6 cm³/mol. The summed E-state index contributed by atoms with van der Waals surface area (Å²) in [5, 5.41) is 20.8. The van der Waals surface area contributed by atoms with E-state index in [2.05, 4.69) is 0 Å². The second-order valence-electron chi connectivity index (χ2n) is 3.43. The Kier molecular flexibility index (Phi) is 4.39. The van der Waals surface area contributed by atoms with Crippen LogP contribution in [0, 0.1) is 10.1 Å². The monoisotopic (exact) mass is 244 g/mol. The number of carboxylic acid groups (broad SMARTS) is 1. The predicted octanol–water partition coefficient (Wildman–Crippen LogP) is 1.56. The van der Waals surface area contributed by atoms with Gasteiger partial charge >= 0.3 is 11.0 Å². The number of nitrogens with zero attached hydrogens (tertiary/aromatic N) is 2. The molecule has 0 atom stereocenters. The van der Waals surface area contributed by atoms with E-state index in [1.54, 1.807) is 12.4 Å². The molecule has 88 valence electrons. The van der Waals surface area contributed by atoms with Crippen LogP contribution in [-0.2, 0) is 11.3 Å². The van der Waals surface area contributed by atoms with Crippen LogP contribution in [0.2, 0.25) is 0 Å². The number of nitro groups is 1. The Balaban J connectivity index is 2.46. The first-order chi connectivity index (χ1) is 7.49. The maximum atomic E-state index is 10.4. The van der Waals surface area contributed by atoms with Crippen LogP contribution in [-0.4, -0.2) is 34.5 Å². The van der Waals surface area contributed by atoms with Gasteiger partial charge in [0, 0.05) is 24.5 Å². The lowest BCUT2D eigenvalue weighted by Crippen LogP contribution is -2.20. The van der Waals surface area contributed by atoms with Crippen molar-refractivity contribution in [1.29, 1.82) is 0 Å². The Morgan fingerprint density at radius 3 is 2.88 bits per heavy atom. The third-order valence-corrected chi connectivity index (χ3v) is 2.91. The van der Waals surface area contributed by atoms with E-state index in [9.17, 15) is 14.9 Å². The lowest BCUT2D eigenvalue weighted by Gasteiger charge is -2.13. The van der Waals surface area contributed by atoms with E-state index in [1.807, 2.05) is 4.90 Å². The molecule has 0 aliphatic carbocycles. The maximum absolute atomic E-state index is 10.4. The quantitative estimate of drug-likeness (QED) is 0.606. The first-order valence-corrected chi connectivity index (χ1v) is 5.49. The molecule has 0 unspecified atom stereocenters. The normalized spacial score (nSPS) is 10.6. The van der Waals surface area contributed by atoms with Gasteiger partial charge in [0.1, 0.15) is 0 Å². The smallest absolute Gasteiger partial charge is 0.324 e. The van der Waals surface area contributed by atoms with Crippen LogP contribution < -0.4 is 0 Å². The Labute approximate surface area is 96.3 Å². The molecular formula is C9H12N2O4S. The van der Waals surface area contributed by atoms with Gasteiger partial charge in [-0.3, -0.25) is 14.9 Å². The molecular weight excluding hydrogens is 232 g/mol. The number of hydrogen-bond acceptors (Lipinski definition) is 5. The van der Waals surface area contributed by atoms with Crippen molar-refractivity contribution in [3.05, 3.63) is 27.1 Å². The molecule has 0 saturated carbocycles. The first kappa shape index (κ1) is 12.6. The third-order valence-electron chi connectivity index (χ3n) is 1.98. The van der Waals surface area contributed by atoms with Gasteiger partial charge in [-0.05, 0) is 12.6 Å². The molecule has 0 aliphatic rings. The Bertz CT molecular complexity index is 391. The maximum Gasteiger partial charge on any atom is 0.324 e. The molecule has 0 saturated heterocycles. The average Bonchev–Trinajstić information content (AvgIpc) is 2.63. The molecule has 0 bridgehead atoms. The summed E-state index contributed by atoms with van der Waals surface area (Å²) in [6.45, 7) is 0.955. The van der Waals surface area contributed by atoms with Crippen LogP contribution in [0.25, 0.3) is 0 Å². The Morgan fingerprint density at radius 2 is 2.38 bits per heavy atom. The largest absolute Gasteiger partial charge is 0.481 e. The van der Waals surface area contributed by atoms with Crippen LogP contribution in [0.5, 0.6) is 0 Å². The van der Waals surface area contributed by atoms with Gasteiger partial charge in [-0.25, -0.2) is 0 Å². The van der Waals surface area contributed by atoms with Gasteiger partial charge in [0.15, 0.2) is 0 Å². The minimum absolute atomic E-state index is 0.0722. The standard InChI is InChI=1S/C9H12N2O4S/c1-10(3-2-9(12)13)5-7-4-8(11(14)15)16-6-7/h4,6H,2-3,5H2,1H3,(H,12,13). The zero-order valence-electron chi connectivity index (χ0n) is 8.75. The SMILES string of the molecule is CN(CCC(=O)O)Cc1csc([N+](=O)[O-])c1. The molecule has 1 heterocycles. The summed E-state index contributed by atoms with van der Waals surface area (Å²) < 4.78 is 0. The second kappa shape index (κ2) is 5.57. The van der Waals surface area contributed by atoms with E-state index < -0.39 is 10.9 Å². The van der Waals surface area contributed by atoms with Crippen molar-refractivity contribution in [3.63, 3.8) is 0 Å². The van der Waals surface area contributed by atoms with Gasteiger partial charge in [-0.15, -0.1) is 0 Å². The molecule has 0 radical (unpaired) electrons. The third kappa shape index (κ3) is 3.95. The molecule has 1 aromatic heterocycles. The fourth-order valence-corrected chi connectivity index (χ4v) is 1.94. The van der Waals surface area contributed by atoms with Gasteiger partial charge < -0.3 is 10.0 Å². The van der Waals surface area contributed by atoms with Crippen LogP contribution in [0.1, 0.15) is 12.0 Å². The van der Waals surface area contributed by atoms with Crippen LogP contribution in [0.4, 0.5) is 5.00 Å². The molecule has 0 aliphatic heterocycles. The van der Waals surface area contributed by atoms with E-state index in [-0.39, 0.29) is 11.4 Å². The highest BCUT2D eigenvalue weighted by atomic mass is 32.1. The minimum atomic E-state index is -0.844. The van der Waals surface area contributed by atoms with Crippen molar-refractivity contribution >= 4 is 22.3 Å². The molecule has 0 aromatic carbocycles. The molecule has 7 heteroatoms. The highest BCUT2D eigenvalue weighted by Gasteiger charge is 2.11. The van der Waals surface area contributed by atoms with E-state index in [1.165, 1.54) is 6.07 Å². The Hall–Kier alpha value is -1.47. The molecule has 1 N–H and O–H groups in total. The van der Waals surface area contributed by atoms with Gasteiger partial charge in [0.25, 0.3) is 0 Å². The molecule has 0 spiro atoms. The van der Waals surface area contributed by atoms with E-state index in [0.29, 0.717) is 13.1 Å². The average molecular weight is 244 g/mol. The van der Waals surface area contributed by atoms with E-state index in [0.717, 1.165) is 16.9 Å². The van der Waals surface area contributed by atoms with Crippen LogP contribution >= 0.6 is 11.3 Å². The van der Waals surface area contributed by atoms with Crippen LogP contribution in [0.15, 0.2) is 11.4 Å². The van der Waals surface area contributed by atoms with E-state index in [4.69, 9.17) is 5.11 Å². The highest BCUT2D eigenvalue weighted by molar-refractivity contribution is 7.13. The summed E-state index contributed by atoms with van der Waals surface area (Å²) in [5.41, 5.74) is 0.838. The fourth-order valence-electron chi connectivity index (χ4n) is 1.22. The summed E-state index contributed by atoms with van der Waals surface area (Å²) in [5.74, 6) is -0.844. The summed E-state index contributed by atoms with van der Waals surface area (Å²) >= 11 is 1.08. The van der Waals surface area contributed by atoms with Crippen molar-refractivity contribution < 1.29 is 14.8 Å². The summed E-state index contributed by atoms with van der Waals surface area (Å²) in [7, 11) is 1.78. The zero-order valence-corrected chi connectivity index (χ0v) is 9.57. The van der Waals surface area contributed by atoms with Crippen LogP contribution in [0.3, 0.4) is 0 Å². The highest BCUT2D eigenvalue weighted by Crippen LogP contribution is 2.23. The molecule has 1 rings (SSSR count). The van der Waals surface area contributed by atoms with Crippen molar-refractivity contribution in [3.8, 4) is 0 Å². The van der Waals surface area contributed by atoms with Crippen molar-refractivity contribution in [2.45, 2.75) is 13.0 Å². The topological polar surface area (TPSA) is 83.7 Å². The minimum Gasteiger partial charge on any atom is -0.481 e. The number of carbonyl (C=O) groups is 1. The molecule has 0 fully saturated rings. The van der Waals surface area contributed by atoms with Crippen molar-refractivity contribution in [1.82, 2.24) is 4.90 Å². The zero-order chi connectivity index (χ0) is 12.1. The lowest BCUT2D eigenvalue weighted by atomic mass is 10.3. The summed E-state index contributed by atoms with van der Waals surface area (Å²) in [4.78, 5) is 22.2.